The second kappa shape index (κ2) is 4.84. The molecular formula is C14H19N3O2. The number of hydrogen-bond donors (Lipinski definition) is 1. The molecule has 0 amide bonds. The van der Waals surface area contributed by atoms with Gasteiger partial charge in [0, 0.05) is 12.6 Å². The molecule has 0 aliphatic rings. The standard InChI is InChI=1S/C14H19N3O2/c1-8-6-11(18-4)12(19-5)7-10(8)13-9(2)16-14(15)17(13)3/h6-7H,1-5H3,(H2,15,16). The molecule has 0 bridgehead atoms. The third-order valence-corrected chi connectivity index (χ3v) is 3.29. The van der Waals surface area contributed by atoms with E-state index >= 15 is 0 Å². The first-order valence-corrected chi connectivity index (χ1v) is 6.01. The van der Waals surface area contributed by atoms with Crippen molar-refractivity contribution in [3.63, 3.8) is 0 Å². The Morgan fingerprint density at radius 3 is 2.16 bits per heavy atom. The maximum absolute atomic E-state index is 5.85. The van der Waals surface area contributed by atoms with Gasteiger partial charge in [0.2, 0.25) is 5.95 Å². The Bertz CT molecular complexity index is 618. The molecule has 2 aromatic rings. The number of methoxy groups -OCH3 is 2. The van der Waals surface area contributed by atoms with E-state index in [0.717, 1.165) is 28.3 Å². The van der Waals surface area contributed by atoms with E-state index in [1.165, 1.54) is 0 Å². The molecule has 0 atom stereocenters. The lowest BCUT2D eigenvalue weighted by Crippen LogP contribution is -2.00. The molecule has 2 N–H and O–H groups in total. The fourth-order valence-electron chi connectivity index (χ4n) is 2.27. The van der Waals surface area contributed by atoms with Gasteiger partial charge in [-0.05, 0) is 31.5 Å². The van der Waals surface area contributed by atoms with Gasteiger partial charge in [0.05, 0.1) is 25.6 Å². The van der Waals surface area contributed by atoms with Crippen molar-refractivity contribution in [3.05, 3.63) is 23.4 Å². The summed E-state index contributed by atoms with van der Waals surface area (Å²) >= 11 is 0. The monoisotopic (exact) mass is 261 g/mol. The molecule has 5 nitrogen and oxygen atoms in total. The molecule has 1 aromatic carbocycles. The van der Waals surface area contributed by atoms with Crippen LogP contribution in [0.4, 0.5) is 5.95 Å². The Morgan fingerprint density at radius 1 is 1.11 bits per heavy atom. The molecular weight excluding hydrogens is 242 g/mol. The first-order valence-electron chi connectivity index (χ1n) is 6.01. The van der Waals surface area contributed by atoms with E-state index in [0.29, 0.717) is 11.7 Å². The van der Waals surface area contributed by atoms with E-state index in [-0.39, 0.29) is 0 Å². The fourth-order valence-corrected chi connectivity index (χ4v) is 2.27. The van der Waals surface area contributed by atoms with E-state index < -0.39 is 0 Å². The van der Waals surface area contributed by atoms with Crippen LogP contribution in [0, 0.1) is 13.8 Å². The summed E-state index contributed by atoms with van der Waals surface area (Å²) in [5.41, 5.74) is 9.88. The van der Waals surface area contributed by atoms with Crippen LogP contribution in [-0.4, -0.2) is 23.8 Å². The van der Waals surface area contributed by atoms with E-state index in [1.807, 2.05) is 37.6 Å². The van der Waals surface area contributed by atoms with Crippen molar-refractivity contribution in [2.75, 3.05) is 20.0 Å². The van der Waals surface area contributed by atoms with Gasteiger partial charge in [0.25, 0.3) is 0 Å². The Hall–Kier alpha value is -2.17. The Balaban J connectivity index is 2.69. The maximum Gasteiger partial charge on any atom is 0.200 e. The molecule has 0 saturated heterocycles. The lowest BCUT2D eigenvalue weighted by atomic mass is 10.0. The Kier molecular flexibility index (Phi) is 3.38. The summed E-state index contributed by atoms with van der Waals surface area (Å²) in [5.74, 6) is 1.92. The van der Waals surface area contributed by atoms with Crippen LogP contribution in [0.15, 0.2) is 12.1 Å². The largest absolute Gasteiger partial charge is 0.493 e. The van der Waals surface area contributed by atoms with Crippen molar-refractivity contribution in [2.45, 2.75) is 13.8 Å². The van der Waals surface area contributed by atoms with Crippen LogP contribution in [0.3, 0.4) is 0 Å². The first-order chi connectivity index (χ1) is 8.99. The summed E-state index contributed by atoms with van der Waals surface area (Å²) in [4.78, 5) is 4.29. The van der Waals surface area contributed by atoms with Gasteiger partial charge in [-0.1, -0.05) is 0 Å². The average Bonchev–Trinajstić information content (AvgIpc) is 2.63. The number of rotatable bonds is 3. The van der Waals surface area contributed by atoms with Crippen molar-refractivity contribution in [1.82, 2.24) is 9.55 Å². The average molecular weight is 261 g/mol. The molecule has 0 spiro atoms. The number of aryl methyl sites for hydroxylation is 2. The predicted octanol–water partition coefficient (Wildman–Crippen LogP) is 2.30. The smallest absolute Gasteiger partial charge is 0.200 e. The van der Waals surface area contributed by atoms with Gasteiger partial charge >= 0.3 is 0 Å². The number of nitrogens with two attached hydrogens (primary N) is 1. The van der Waals surface area contributed by atoms with Gasteiger partial charge in [-0.25, -0.2) is 4.98 Å². The van der Waals surface area contributed by atoms with E-state index in [9.17, 15) is 0 Å². The topological polar surface area (TPSA) is 62.3 Å². The summed E-state index contributed by atoms with van der Waals surface area (Å²) in [7, 11) is 5.16. The fraction of sp³-hybridized carbons (Fsp3) is 0.357. The molecule has 2 rings (SSSR count). The highest BCUT2D eigenvalue weighted by Crippen LogP contribution is 2.36. The zero-order chi connectivity index (χ0) is 14.2. The Morgan fingerprint density at radius 2 is 1.68 bits per heavy atom. The number of nitrogen functional groups attached to an aromatic ring is 1. The molecule has 0 fully saturated rings. The highest BCUT2D eigenvalue weighted by molar-refractivity contribution is 5.71. The molecule has 0 radical (unpaired) electrons. The zero-order valence-electron chi connectivity index (χ0n) is 11.9. The van der Waals surface area contributed by atoms with Gasteiger partial charge in [-0.3, -0.25) is 0 Å². The Labute approximate surface area is 113 Å². The van der Waals surface area contributed by atoms with Crippen LogP contribution in [0.5, 0.6) is 11.5 Å². The number of ether oxygens (including phenoxy) is 2. The molecule has 0 aliphatic carbocycles. The number of hydrogen-bond acceptors (Lipinski definition) is 4. The normalized spacial score (nSPS) is 10.6. The number of anilines is 1. The van der Waals surface area contributed by atoms with Gasteiger partial charge in [0.15, 0.2) is 11.5 Å². The first kappa shape index (κ1) is 13.3. The number of aromatic nitrogens is 2. The van der Waals surface area contributed by atoms with Crippen LogP contribution in [-0.2, 0) is 7.05 Å². The summed E-state index contributed by atoms with van der Waals surface area (Å²) in [5, 5.41) is 0. The molecule has 0 aliphatic heterocycles. The molecule has 1 aromatic heterocycles. The third-order valence-electron chi connectivity index (χ3n) is 3.29. The minimum absolute atomic E-state index is 0.502. The molecule has 102 valence electrons. The predicted molar refractivity (Wildman–Crippen MR) is 75.6 cm³/mol. The molecule has 5 heteroatoms. The second-order valence-corrected chi connectivity index (χ2v) is 4.49. The van der Waals surface area contributed by atoms with Gasteiger partial charge in [-0.2, -0.15) is 0 Å². The second-order valence-electron chi connectivity index (χ2n) is 4.49. The van der Waals surface area contributed by atoms with Crippen LogP contribution in [0.25, 0.3) is 11.3 Å². The van der Waals surface area contributed by atoms with Gasteiger partial charge in [-0.15, -0.1) is 0 Å². The van der Waals surface area contributed by atoms with Crippen LogP contribution in [0.2, 0.25) is 0 Å². The summed E-state index contributed by atoms with van der Waals surface area (Å²) < 4.78 is 12.5. The SMILES string of the molecule is COc1cc(C)c(-c2c(C)nc(N)n2C)cc1OC. The zero-order valence-corrected chi connectivity index (χ0v) is 11.9. The van der Waals surface area contributed by atoms with Crippen LogP contribution < -0.4 is 15.2 Å². The minimum Gasteiger partial charge on any atom is -0.493 e. The van der Waals surface area contributed by atoms with E-state index in [1.54, 1.807) is 14.2 Å². The summed E-state index contributed by atoms with van der Waals surface area (Å²) in [6.45, 7) is 3.97. The van der Waals surface area contributed by atoms with E-state index in [4.69, 9.17) is 15.2 Å². The number of benzene rings is 1. The number of imidazole rings is 1. The minimum atomic E-state index is 0.502. The quantitative estimate of drug-likeness (QED) is 0.921. The summed E-state index contributed by atoms with van der Waals surface area (Å²) in [6.07, 6.45) is 0. The molecule has 0 unspecified atom stereocenters. The van der Waals surface area contributed by atoms with Crippen molar-refractivity contribution >= 4 is 5.95 Å². The van der Waals surface area contributed by atoms with E-state index in [2.05, 4.69) is 4.98 Å². The van der Waals surface area contributed by atoms with Crippen molar-refractivity contribution in [2.24, 2.45) is 7.05 Å². The van der Waals surface area contributed by atoms with Gasteiger partial charge < -0.3 is 19.8 Å². The number of nitrogens with zero attached hydrogens (tertiary/aromatic N) is 2. The third kappa shape index (κ3) is 2.12. The summed E-state index contributed by atoms with van der Waals surface area (Å²) in [6, 6.07) is 3.91. The van der Waals surface area contributed by atoms with Crippen molar-refractivity contribution in [3.8, 4) is 22.8 Å². The van der Waals surface area contributed by atoms with Gasteiger partial charge in [0.1, 0.15) is 0 Å². The van der Waals surface area contributed by atoms with Crippen molar-refractivity contribution < 1.29 is 9.47 Å². The lowest BCUT2D eigenvalue weighted by Gasteiger charge is -2.14. The van der Waals surface area contributed by atoms with Crippen molar-refractivity contribution in [1.29, 1.82) is 0 Å². The highest BCUT2D eigenvalue weighted by Gasteiger charge is 2.16. The molecule has 1 heterocycles. The van der Waals surface area contributed by atoms with Crippen LogP contribution in [0.1, 0.15) is 11.3 Å². The molecule has 19 heavy (non-hydrogen) atoms. The molecule has 0 saturated carbocycles. The lowest BCUT2D eigenvalue weighted by molar-refractivity contribution is 0.355. The highest BCUT2D eigenvalue weighted by atomic mass is 16.5. The maximum atomic E-state index is 5.85. The van der Waals surface area contributed by atoms with Crippen LogP contribution >= 0.6 is 0 Å².